The van der Waals surface area contributed by atoms with Crippen LogP contribution >= 0.6 is 0 Å². The van der Waals surface area contributed by atoms with Gasteiger partial charge in [0.2, 0.25) is 11.8 Å². The van der Waals surface area contributed by atoms with Gasteiger partial charge in [-0.05, 0) is 62.8 Å². The van der Waals surface area contributed by atoms with E-state index in [9.17, 15) is 9.59 Å². The Morgan fingerprint density at radius 3 is 2.45 bits per heavy atom. The number of aryl methyl sites for hydroxylation is 1. The van der Waals surface area contributed by atoms with Crippen LogP contribution in [0.1, 0.15) is 64.1 Å². The fourth-order valence-corrected chi connectivity index (χ4v) is 4.02. The SMILES string of the molecule is CCc1ccc([C@@H](C(=O)NC(C)(C)CC)N(C(=O)Cn2nnc3ccccc32)C2CC2)cc1. The number of benzene rings is 2. The maximum Gasteiger partial charge on any atom is 0.247 e. The van der Waals surface area contributed by atoms with Gasteiger partial charge in [-0.3, -0.25) is 9.59 Å². The van der Waals surface area contributed by atoms with Crippen molar-refractivity contribution in [2.75, 3.05) is 0 Å². The van der Waals surface area contributed by atoms with Gasteiger partial charge in [0, 0.05) is 11.6 Å². The van der Waals surface area contributed by atoms with Crippen molar-refractivity contribution in [3.8, 4) is 0 Å². The summed E-state index contributed by atoms with van der Waals surface area (Å²) in [5, 5.41) is 11.5. The van der Waals surface area contributed by atoms with Gasteiger partial charge in [0.15, 0.2) is 0 Å². The third-order valence-electron chi connectivity index (χ3n) is 6.51. The Balaban J connectivity index is 1.68. The van der Waals surface area contributed by atoms with Crippen LogP contribution in [0.15, 0.2) is 48.5 Å². The number of nitrogens with zero attached hydrogens (tertiary/aromatic N) is 4. The summed E-state index contributed by atoms with van der Waals surface area (Å²) in [5.74, 6) is -0.267. The Hall–Kier alpha value is -3.22. The van der Waals surface area contributed by atoms with Gasteiger partial charge in [-0.25, -0.2) is 4.68 Å². The van der Waals surface area contributed by atoms with Crippen molar-refractivity contribution in [2.45, 2.75) is 77.5 Å². The third-order valence-corrected chi connectivity index (χ3v) is 6.51. The van der Waals surface area contributed by atoms with E-state index in [1.165, 1.54) is 5.56 Å². The molecule has 0 bridgehead atoms. The maximum atomic E-state index is 13.7. The molecule has 7 nitrogen and oxygen atoms in total. The average molecular weight is 448 g/mol. The topological polar surface area (TPSA) is 80.1 Å². The quantitative estimate of drug-likeness (QED) is 0.537. The fourth-order valence-electron chi connectivity index (χ4n) is 4.02. The summed E-state index contributed by atoms with van der Waals surface area (Å²) in [4.78, 5) is 29.1. The molecule has 2 aromatic carbocycles. The van der Waals surface area contributed by atoms with Gasteiger partial charge in [-0.1, -0.05) is 55.5 Å². The van der Waals surface area contributed by atoms with Crippen LogP contribution in [0.25, 0.3) is 11.0 Å². The van der Waals surface area contributed by atoms with Crippen molar-refractivity contribution in [1.29, 1.82) is 0 Å². The molecule has 1 saturated carbocycles. The number of fused-ring (bicyclic) bond motifs is 1. The third kappa shape index (κ3) is 5.07. The summed E-state index contributed by atoms with van der Waals surface area (Å²) in [6.45, 7) is 8.21. The number of nitrogens with one attached hydrogen (secondary N) is 1. The molecule has 1 N–H and O–H groups in total. The van der Waals surface area contributed by atoms with Crippen LogP contribution in [-0.4, -0.2) is 43.3 Å². The number of para-hydroxylation sites is 1. The first-order valence-electron chi connectivity index (χ1n) is 11.8. The van der Waals surface area contributed by atoms with E-state index in [2.05, 4.69) is 22.6 Å². The minimum atomic E-state index is -0.684. The molecule has 1 aliphatic rings. The molecule has 7 heteroatoms. The molecule has 1 atom stereocenters. The van der Waals surface area contributed by atoms with Gasteiger partial charge in [-0.15, -0.1) is 5.10 Å². The first-order chi connectivity index (χ1) is 15.8. The molecule has 0 unspecified atom stereocenters. The zero-order chi connectivity index (χ0) is 23.6. The number of hydrogen-bond donors (Lipinski definition) is 1. The molecule has 3 aromatic rings. The van der Waals surface area contributed by atoms with Crippen LogP contribution in [0, 0.1) is 0 Å². The molecule has 174 valence electrons. The van der Waals surface area contributed by atoms with E-state index in [-0.39, 0.29) is 29.9 Å². The predicted octanol–water partition coefficient (Wildman–Crippen LogP) is 4.03. The zero-order valence-electron chi connectivity index (χ0n) is 19.9. The summed E-state index contributed by atoms with van der Waals surface area (Å²) >= 11 is 0. The van der Waals surface area contributed by atoms with E-state index < -0.39 is 6.04 Å². The molecule has 2 amide bonds. The number of carbonyl (C=O) groups is 2. The van der Waals surface area contributed by atoms with Crippen molar-refractivity contribution < 1.29 is 9.59 Å². The molecule has 0 aliphatic heterocycles. The van der Waals surface area contributed by atoms with Crippen molar-refractivity contribution >= 4 is 22.8 Å². The van der Waals surface area contributed by atoms with Gasteiger partial charge in [0.1, 0.15) is 18.1 Å². The second-order valence-corrected chi connectivity index (χ2v) is 9.49. The lowest BCUT2D eigenvalue weighted by atomic mass is 9.97. The van der Waals surface area contributed by atoms with Gasteiger partial charge in [-0.2, -0.15) is 0 Å². The number of aromatic nitrogens is 3. The van der Waals surface area contributed by atoms with Crippen LogP contribution in [0.4, 0.5) is 0 Å². The van der Waals surface area contributed by atoms with Crippen LogP contribution in [0.5, 0.6) is 0 Å². The standard InChI is InChI=1S/C26H33N5O2/c1-5-18-11-13-19(14-12-18)24(25(33)27-26(3,4)6-2)31(20-15-16-20)23(32)17-30-22-10-8-7-9-21(22)28-29-30/h7-14,20,24H,5-6,15-17H2,1-4H3,(H,27,33)/t24-/m0/s1. The van der Waals surface area contributed by atoms with Crippen LogP contribution in [0.2, 0.25) is 0 Å². The van der Waals surface area contributed by atoms with Gasteiger partial charge in [0.05, 0.1) is 5.52 Å². The predicted molar refractivity (Wildman–Crippen MR) is 128 cm³/mol. The molecule has 33 heavy (non-hydrogen) atoms. The molecular weight excluding hydrogens is 414 g/mol. The highest BCUT2D eigenvalue weighted by Gasteiger charge is 2.42. The van der Waals surface area contributed by atoms with Crippen molar-refractivity contribution in [2.24, 2.45) is 0 Å². The van der Waals surface area contributed by atoms with Crippen molar-refractivity contribution in [3.05, 3.63) is 59.7 Å². The normalized spacial score (nSPS) is 14.8. The largest absolute Gasteiger partial charge is 0.349 e. The highest BCUT2D eigenvalue weighted by atomic mass is 16.2. The number of rotatable bonds is 9. The Morgan fingerprint density at radius 1 is 1.12 bits per heavy atom. The van der Waals surface area contributed by atoms with Crippen molar-refractivity contribution in [1.82, 2.24) is 25.2 Å². The van der Waals surface area contributed by atoms with E-state index in [0.29, 0.717) is 0 Å². The molecule has 1 aromatic heterocycles. The van der Waals surface area contributed by atoms with E-state index >= 15 is 0 Å². The first kappa shape index (κ1) is 23.0. The van der Waals surface area contributed by atoms with Crippen LogP contribution in [0.3, 0.4) is 0 Å². The van der Waals surface area contributed by atoms with E-state index in [1.807, 2.05) is 69.3 Å². The second kappa shape index (κ2) is 9.33. The second-order valence-electron chi connectivity index (χ2n) is 9.49. The number of hydrogen-bond acceptors (Lipinski definition) is 4. The molecule has 0 saturated heterocycles. The molecule has 1 aliphatic carbocycles. The summed E-state index contributed by atoms with van der Waals surface area (Å²) in [7, 11) is 0. The number of amides is 2. The fraction of sp³-hybridized carbons (Fsp3) is 0.462. The lowest BCUT2D eigenvalue weighted by molar-refractivity contribution is -0.143. The Bertz CT molecular complexity index is 1130. The Labute approximate surface area is 195 Å². The Morgan fingerprint density at radius 2 is 1.82 bits per heavy atom. The molecule has 1 fully saturated rings. The lowest BCUT2D eigenvalue weighted by Crippen LogP contribution is -2.51. The van der Waals surface area contributed by atoms with Crippen LogP contribution in [-0.2, 0) is 22.6 Å². The van der Waals surface area contributed by atoms with E-state index in [0.717, 1.165) is 42.3 Å². The highest BCUT2D eigenvalue weighted by molar-refractivity contribution is 5.90. The molecule has 1 heterocycles. The van der Waals surface area contributed by atoms with Crippen molar-refractivity contribution in [3.63, 3.8) is 0 Å². The van der Waals surface area contributed by atoms with E-state index in [1.54, 1.807) is 9.58 Å². The average Bonchev–Trinajstić information content (AvgIpc) is 3.57. The molecule has 0 spiro atoms. The lowest BCUT2D eigenvalue weighted by Gasteiger charge is -2.35. The van der Waals surface area contributed by atoms with Gasteiger partial charge in [0.25, 0.3) is 0 Å². The van der Waals surface area contributed by atoms with E-state index in [4.69, 9.17) is 0 Å². The molecular formula is C26H33N5O2. The summed E-state index contributed by atoms with van der Waals surface area (Å²) in [5.41, 5.74) is 3.23. The summed E-state index contributed by atoms with van der Waals surface area (Å²) in [6.07, 6.45) is 3.52. The van der Waals surface area contributed by atoms with Crippen LogP contribution < -0.4 is 5.32 Å². The van der Waals surface area contributed by atoms with Gasteiger partial charge < -0.3 is 10.2 Å². The minimum absolute atomic E-state index is 0.0466. The number of carbonyl (C=O) groups excluding carboxylic acids is 2. The summed E-state index contributed by atoms with van der Waals surface area (Å²) < 4.78 is 1.62. The minimum Gasteiger partial charge on any atom is -0.349 e. The highest BCUT2D eigenvalue weighted by Crippen LogP contribution is 2.36. The smallest absolute Gasteiger partial charge is 0.247 e. The Kier molecular flexibility index (Phi) is 6.49. The molecule has 4 rings (SSSR count). The molecule has 0 radical (unpaired) electrons. The monoisotopic (exact) mass is 447 g/mol. The first-order valence-corrected chi connectivity index (χ1v) is 11.8. The maximum absolute atomic E-state index is 13.7. The zero-order valence-corrected chi connectivity index (χ0v) is 19.9. The van der Waals surface area contributed by atoms with Gasteiger partial charge >= 0.3 is 0 Å². The summed E-state index contributed by atoms with van der Waals surface area (Å²) in [6, 6.07) is 15.0.